The predicted octanol–water partition coefficient (Wildman–Crippen LogP) is 2.94. The van der Waals surface area contributed by atoms with Gasteiger partial charge < -0.3 is 9.66 Å². The van der Waals surface area contributed by atoms with Crippen LogP contribution in [0.4, 0.5) is 0 Å². The van der Waals surface area contributed by atoms with E-state index in [1.54, 1.807) is 0 Å². The number of unbranched alkanes of at least 4 members (excludes halogenated alkanes) is 14. The molecule has 0 aromatic carbocycles. The fourth-order valence-electron chi connectivity index (χ4n) is 3.48. The molecule has 0 aliphatic rings. The minimum atomic E-state index is -4.17. The molecule has 0 spiro atoms. The first-order valence-corrected chi connectivity index (χ1v) is 12.5. The topological polar surface area (TPSA) is 77.4 Å². The fourth-order valence-corrected chi connectivity index (χ4v) is 4.39. The van der Waals surface area contributed by atoms with E-state index in [-0.39, 0.29) is 36.2 Å². The Balaban J connectivity index is 0. The zero-order valence-electron chi connectivity index (χ0n) is 18.1. The van der Waals surface area contributed by atoms with Crippen LogP contribution in [0, 0.1) is 0 Å². The van der Waals surface area contributed by atoms with Crippen molar-refractivity contribution in [1.82, 2.24) is 0 Å². The molecule has 0 saturated carbocycles. The molecule has 1 N–H and O–H groups in total. The van der Waals surface area contributed by atoms with Gasteiger partial charge in [-0.3, -0.25) is 0 Å². The van der Waals surface area contributed by atoms with Crippen LogP contribution in [0.3, 0.4) is 0 Å². The summed E-state index contributed by atoms with van der Waals surface area (Å²) in [4.78, 5) is 0. The summed E-state index contributed by atoms with van der Waals surface area (Å²) >= 11 is 0. The summed E-state index contributed by atoms with van der Waals surface area (Å²) in [6.07, 6.45) is 19.3. The first-order chi connectivity index (χ1) is 12.5. The summed E-state index contributed by atoms with van der Waals surface area (Å²) in [5.74, 6) is 0. The summed E-state index contributed by atoms with van der Waals surface area (Å²) in [7, 11) is -4.17. The number of hydrogen-bond donors (Lipinski definition) is 1. The molecule has 27 heavy (non-hydrogen) atoms. The van der Waals surface area contributed by atoms with E-state index in [0.717, 1.165) is 44.9 Å². The third-order valence-corrected chi connectivity index (χ3v) is 6.51. The molecule has 1 atom stereocenters. The Bertz CT molecular complexity index is 388. The van der Waals surface area contributed by atoms with Crippen LogP contribution in [0.2, 0.25) is 0 Å². The molecule has 0 amide bonds. The van der Waals surface area contributed by atoms with E-state index in [2.05, 4.69) is 6.92 Å². The molecule has 0 bridgehead atoms. The van der Waals surface area contributed by atoms with Crippen molar-refractivity contribution in [3.05, 3.63) is 0 Å². The van der Waals surface area contributed by atoms with E-state index >= 15 is 0 Å². The second-order valence-corrected chi connectivity index (χ2v) is 9.37. The van der Waals surface area contributed by atoms with Crippen molar-refractivity contribution in [1.29, 1.82) is 0 Å². The minimum absolute atomic E-state index is 0. The third kappa shape index (κ3) is 21.4. The zero-order chi connectivity index (χ0) is 19.5. The Morgan fingerprint density at radius 2 is 1.00 bits per heavy atom. The van der Waals surface area contributed by atoms with Crippen LogP contribution in [0.15, 0.2) is 0 Å². The summed E-state index contributed by atoms with van der Waals surface area (Å²) in [6, 6.07) is 0. The van der Waals surface area contributed by atoms with Gasteiger partial charge in [-0.05, 0) is 19.3 Å². The van der Waals surface area contributed by atoms with Crippen molar-refractivity contribution in [3.8, 4) is 0 Å². The van der Waals surface area contributed by atoms with E-state index in [4.69, 9.17) is 5.11 Å². The quantitative estimate of drug-likeness (QED) is 0.189. The van der Waals surface area contributed by atoms with E-state index in [0.29, 0.717) is 12.8 Å². The molecule has 1 unspecified atom stereocenters. The first kappa shape index (κ1) is 30.1. The van der Waals surface area contributed by atoms with Crippen LogP contribution in [0.5, 0.6) is 0 Å². The van der Waals surface area contributed by atoms with Crippen molar-refractivity contribution < 1.29 is 47.6 Å². The van der Waals surface area contributed by atoms with E-state index in [1.165, 1.54) is 57.8 Å². The summed E-state index contributed by atoms with van der Waals surface area (Å²) in [5.41, 5.74) is 0. The minimum Gasteiger partial charge on any atom is -0.748 e. The maximum Gasteiger partial charge on any atom is 1.00 e. The van der Waals surface area contributed by atoms with E-state index in [1.807, 2.05) is 0 Å². The largest absolute Gasteiger partial charge is 1.00 e. The van der Waals surface area contributed by atoms with Crippen molar-refractivity contribution in [3.63, 3.8) is 0 Å². The molecular weight excluding hydrogens is 371 g/mol. The summed E-state index contributed by atoms with van der Waals surface area (Å²) in [6.45, 7) is 2.43. The Morgan fingerprint density at radius 3 is 1.33 bits per heavy atom. The Kier molecular flexibility index (Phi) is 24.0. The molecule has 0 fully saturated rings. The number of rotatable bonds is 20. The Morgan fingerprint density at radius 1 is 0.667 bits per heavy atom. The number of aliphatic hydroxyl groups excluding tert-OH is 1. The van der Waals surface area contributed by atoms with Gasteiger partial charge in [-0.25, -0.2) is 8.42 Å². The van der Waals surface area contributed by atoms with Crippen LogP contribution in [-0.4, -0.2) is 29.9 Å². The molecule has 6 heteroatoms. The molecule has 0 radical (unpaired) electrons. The van der Waals surface area contributed by atoms with Gasteiger partial charge in [0, 0.05) is 11.9 Å². The van der Waals surface area contributed by atoms with Gasteiger partial charge in [-0.1, -0.05) is 103 Å². The maximum atomic E-state index is 11.4. The predicted molar refractivity (Wildman–Crippen MR) is 109 cm³/mol. The van der Waals surface area contributed by atoms with Gasteiger partial charge in [0.15, 0.2) is 0 Å². The van der Waals surface area contributed by atoms with Gasteiger partial charge in [0.2, 0.25) is 0 Å². The Hall–Kier alpha value is 0.870. The SMILES string of the molecule is CCCCCCCCCCCCCCC(CCCCCCO)S(=O)(=O)[O-].[Na+]. The Labute approximate surface area is 191 Å². The van der Waals surface area contributed by atoms with E-state index in [9.17, 15) is 13.0 Å². The van der Waals surface area contributed by atoms with Crippen LogP contribution in [0.1, 0.15) is 122 Å². The first-order valence-electron chi connectivity index (χ1n) is 11.1. The molecule has 4 nitrogen and oxygen atoms in total. The van der Waals surface area contributed by atoms with Gasteiger partial charge in [-0.15, -0.1) is 0 Å². The van der Waals surface area contributed by atoms with Crippen molar-refractivity contribution in [2.24, 2.45) is 0 Å². The van der Waals surface area contributed by atoms with Gasteiger partial charge in [0.05, 0.1) is 10.1 Å². The van der Waals surface area contributed by atoms with E-state index < -0.39 is 15.4 Å². The molecule has 0 aromatic heterocycles. The van der Waals surface area contributed by atoms with Crippen LogP contribution in [-0.2, 0) is 10.1 Å². The van der Waals surface area contributed by atoms with Crippen molar-refractivity contribution in [2.45, 2.75) is 128 Å². The zero-order valence-corrected chi connectivity index (χ0v) is 20.9. The molecule has 158 valence electrons. The van der Waals surface area contributed by atoms with Crippen LogP contribution >= 0.6 is 0 Å². The monoisotopic (exact) mass is 414 g/mol. The second-order valence-electron chi connectivity index (χ2n) is 7.72. The molecule has 0 aromatic rings. The molecular formula is C21H43NaO4S. The van der Waals surface area contributed by atoms with Gasteiger partial charge in [0.1, 0.15) is 0 Å². The molecule has 0 aliphatic heterocycles. The van der Waals surface area contributed by atoms with Gasteiger partial charge >= 0.3 is 29.6 Å². The average molecular weight is 415 g/mol. The maximum absolute atomic E-state index is 11.4. The molecule has 0 rings (SSSR count). The molecule has 0 saturated heterocycles. The van der Waals surface area contributed by atoms with Crippen molar-refractivity contribution in [2.75, 3.05) is 6.61 Å². The summed E-state index contributed by atoms with van der Waals surface area (Å²) in [5, 5.41) is 8.03. The molecule has 0 heterocycles. The second kappa shape index (κ2) is 21.6. The smallest absolute Gasteiger partial charge is 0.748 e. The third-order valence-electron chi connectivity index (χ3n) is 5.22. The average Bonchev–Trinajstić information content (AvgIpc) is 2.59. The fraction of sp³-hybridized carbons (Fsp3) is 1.00. The van der Waals surface area contributed by atoms with Crippen molar-refractivity contribution >= 4 is 10.1 Å². The molecule has 0 aliphatic carbocycles. The van der Waals surface area contributed by atoms with Gasteiger partial charge in [0.25, 0.3) is 0 Å². The van der Waals surface area contributed by atoms with Gasteiger partial charge in [-0.2, -0.15) is 0 Å². The number of aliphatic hydroxyl groups is 1. The normalized spacial score (nSPS) is 12.7. The summed E-state index contributed by atoms with van der Waals surface area (Å²) < 4.78 is 34.2. The van der Waals surface area contributed by atoms with Crippen LogP contribution < -0.4 is 29.6 Å². The standard InChI is InChI=1S/C21H44O4S.Na/c1-2-3-4-5-6-7-8-9-10-11-12-15-18-21(26(23,24)25)19-16-13-14-17-20-22;/h21-22H,2-20H2,1H3,(H,23,24,25);/q;+1/p-1. The van der Waals surface area contributed by atoms with Crippen LogP contribution in [0.25, 0.3) is 0 Å². The number of hydrogen-bond acceptors (Lipinski definition) is 4.